The molecule has 0 spiro atoms. The van der Waals surface area contributed by atoms with Crippen LogP contribution in [-0.4, -0.2) is 51.2 Å². The van der Waals surface area contributed by atoms with Gasteiger partial charge >= 0.3 is 5.97 Å². The monoisotopic (exact) mass is 555 g/mol. The highest BCUT2D eigenvalue weighted by atomic mass is 32.2. The van der Waals surface area contributed by atoms with E-state index in [0.717, 1.165) is 16.8 Å². The molecule has 2 heterocycles. The van der Waals surface area contributed by atoms with Crippen molar-refractivity contribution >= 4 is 35.2 Å². The molecule has 1 fully saturated rings. The predicted octanol–water partition coefficient (Wildman–Crippen LogP) is 3.98. The van der Waals surface area contributed by atoms with Crippen LogP contribution in [0.5, 0.6) is 0 Å². The number of rotatable bonds is 9. The number of β-lactam (4-membered cyclic amide) rings is 1. The van der Waals surface area contributed by atoms with Crippen LogP contribution in [0.1, 0.15) is 24.2 Å². The molecule has 8 nitrogen and oxygen atoms in total. The molecule has 3 aromatic carbocycles. The van der Waals surface area contributed by atoms with Crippen LogP contribution in [-0.2, 0) is 19.1 Å². The number of anilines is 1. The first-order valence-electron chi connectivity index (χ1n) is 12.8. The lowest BCUT2D eigenvalue weighted by Crippen LogP contribution is -2.66. The molecule has 9 heteroatoms. The van der Waals surface area contributed by atoms with Crippen LogP contribution in [0.25, 0.3) is 0 Å². The smallest absolute Gasteiger partial charge is 0.356 e. The van der Waals surface area contributed by atoms with Crippen molar-refractivity contribution in [1.82, 2.24) is 10.2 Å². The van der Waals surface area contributed by atoms with Gasteiger partial charge in [0.25, 0.3) is 5.91 Å². The molecule has 2 aliphatic rings. The standard InChI is InChI=1S/C31H29N3O5S/c1-19(2)24-25(31(38)39-27(20-12-6-3-7-13-20)21-14-8-4-9-15-21)34-29(37)26(36)30(34)40-28(24)33-23(35)18-32-22-16-10-5-11-17-22/h3-17,26-28,30,32,36H,1,18H2,2H3,(H,33,35)/t26?,28?,30-/m1/s1. The molecule has 2 unspecified atom stereocenters. The minimum absolute atomic E-state index is 0.00965. The van der Waals surface area contributed by atoms with Crippen molar-refractivity contribution < 1.29 is 24.2 Å². The second kappa shape index (κ2) is 11.8. The Labute approximate surface area is 236 Å². The number of para-hydroxylation sites is 1. The predicted molar refractivity (Wildman–Crippen MR) is 154 cm³/mol. The molecule has 0 saturated carbocycles. The van der Waals surface area contributed by atoms with Crippen LogP contribution >= 0.6 is 11.8 Å². The summed E-state index contributed by atoms with van der Waals surface area (Å²) in [5.41, 5.74) is 3.14. The van der Waals surface area contributed by atoms with Crippen LogP contribution in [0.15, 0.2) is 114 Å². The average Bonchev–Trinajstić information content (AvgIpc) is 2.99. The fourth-order valence-electron chi connectivity index (χ4n) is 4.71. The molecule has 2 aliphatic heterocycles. The zero-order chi connectivity index (χ0) is 28.2. The molecule has 0 bridgehead atoms. The van der Waals surface area contributed by atoms with E-state index in [1.807, 2.05) is 91.0 Å². The van der Waals surface area contributed by atoms with Gasteiger partial charge in [-0.05, 0) is 35.8 Å². The van der Waals surface area contributed by atoms with Gasteiger partial charge in [0.2, 0.25) is 5.91 Å². The van der Waals surface area contributed by atoms with Crippen LogP contribution in [0.2, 0.25) is 0 Å². The summed E-state index contributed by atoms with van der Waals surface area (Å²) in [5, 5.41) is 14.9. The molecule has 1 saturated heterocycles. The van der Waals surface area contributed by atoms with E-state index in [4.69, 9.17) is 4.74 Å². The van der Waals surface area contributed by atoms with E-state index in [1.165, 1.54) is 16.7 Å². The second-order valence-corrected chi connectivity index (χ2v) is 10.7. The number of fused-ring (bicyclic) bond motifs is 1. The molecule has 3 N–H and O–H groups in total. The first kappa shape index (κ1) is 27.2. The van der Waals surface area contributed by atoms with Crippen LogP contribution in [0, 0.1) is 0 Å². The Hall–Kier alpha value is -4.34. The molecule has 0 aromatic heterocycles. The number of carbonyl (C=O) groups excluding carboxylic acids is 3. The summed E-state index contributed by atoms with van der Waals surface area (Å²) >= 11 is 1.18. The number of amides is 2. The third kappa shape index (κ3) is 5.52. The molecule has 5 rings (SSSR count). The highest BCUT2D eigenvalue weighted by molar-refractivity contribution is 8.00. The number of aliphatic hydroxyl groups is 1. The third-order valence-electron chi connectivity index (χ3n) is 6.65. The third-order valence-corrected chi connectivity index (χ3v) is 8.02. The van der Waals surface area contributed by atoms with Gasteiger partial charge in [0, 0.05) is 11.3 Å². The summed E-state index contributed by atoms with van der Waals surface area (Å²) in [6, 6.07) is 27.9. The van der Waals surface area contributed by atoms with Gasteiger partial charge in [-0.25, -0.2) is 4.79 Å². The van der Waals surface area contributed by atoms with Gasteiger partial charge in [-0.3, -0.25) is 14.5 Å². The van der Waals surface area contributed by atoms with E-state index in [0.29, 0.717) is 11.1 Å². The lowest BCUT2D eigenvalue weighted by molar-refractivity contribution is -0.162. The van der Waals surface area contributed by atoms with Gasteiger partial charge in [-0.15, -0.1) is 11.8 Å². The highest BCUT2D eigenvalue weighted by Crippen LogP contribution is 2.46. The number of carbonyl (C=O) groups is 3. The zero-order valence-electron chi connectivity index (χ0n) is 21.8. The quantitative estimate of drug-likeness (QED) is 0.271. The molecule has 3 atom stereocenters. The van der Waals surface area contributed by atoms with E-state index in [1.54, 1.807) is 6.92 Å². The van der Waals surface area contributed by atoms with Crippen LogP contribution in [0.3, 0.4) is 0 Å². The fraction of sp³-hybridized carbons (Fsp3) is 0.194. The number of benzene rings is 3. The average molecular weight is 556 g/mol. The minimum Gasteiger partial charge on any atom is -0.448 e. The first-order valence-corrected chi connectivity index (χ1v) is 13.7. The lowest BCUT2D eigenvalue weighted by Gasteiger charge is -2.50. The van der Waals surface area contributed by atoms with Crippen molar-refractivity contribution in [2.24, 2.45) is 0 Å². The van der Waals surface area contributed by atoms with Crippen molar-refractivity contribution in [3.63, 3.8) is 0 Å². The summed E-state index contributed by atoms with van der Waals surface area (Å²) in [4.78, 5) is 40.9. The van der Waals surface area contributed by atoms with Crippen LogP contribution in [0.4, 0.5) is 5.69 Å². The van der Waals surface area contributed by atoms with Crippen LogP contribution < -0.4 is 10.6 Å². The zero-order valence-corrected chi connectivity index (χ0v) is 22.6. The summed E-state index contributed by atoms with van der Waals surface area (Å²) in [6.07, 6.45) is -2.05. The Morgan fingerprint density at radius 1 is 0.975 bits per heavy atom. The van der Waals surface area contributed by atoms with Crippen molar-refractivity contribution in [3.05, 3.63) is 126 Å². The summed E-state index contributed by atoms with van der Waals surface area (Å²) < 4.78 is 6.09. The molecular weight excluding hydrogens is 526 g/mol. The van der Waals surface area contributed by atoms with E-state index >= 15 is 0 Å². The Kier molecular flexibility index (Phi) is 8.04. The van der Waals surface area contributed by atoms with Gasteiger partial charge in [0.1, 0.15) is 16.4 Å². The molecule has 3 aromatic rings. The number of nitrogens with zero attached hydrogens (tertiary/aromatic N) is 1. The molecule has 0 aliphatic carbocycles. The maximum atomic E-state index is 13.9. The van der Waals surface area contributed by atoms with E-state index in [2.05, 4.69) is 17.2 Å². The molecule has 0 radical (unpaired) electrons. The molecule has 2 amide bonds. The SMILES string of the molecule is C=C(C)C1=C(C(=O)OC(c2ccccc2)c2ccccc2)N2C(=O)C(O)[C@H]2SC1NC(=O)CNc1ccccc1. The Morgan fingerprint density at radius 3 is 2.08 bits per heavy atom. The Morgan fingerprint density at radius 2 is 1.52 bits per heavy atom. The number of thioether (sulfide) groups is 1. The Bertz CT molecular complexity index is 1410. The number of aliphatic hydroxyl groups excluding tert-OH is 1. The summed E-state index contributed by atoms with van der Waals surface area (Å²) in [7, 11) is 0. The minimum atomic E-state index is -1.31. The van der Waals surface area contributed by atoms with Crippen molar-refractivity contribution in [2.45, 2.75) is 29.9 Å². The lowest BCUT2D eigenvalue weighted by atomic mass is 9.99. The topological polar surface area (TPSA) is 108 Å². The van der Waals surface area contributed by atoms with Gasteiger partial charge < -0.3 is 20.5 Å². The van der Waals surface area contributed by atoms with E-state index < -0.39 is 34.8 Å². The number of ether oxygens (including phenoxy) is 1. The van der Waals surface area contributed by atoms with E-state index in [-0.39, 0.29) is 18.1 Å². The van der Waals surface area contributed by atoms with Crippen molar-refractivity contribution in [3.8, 4) is 0 Å². The molecule has 40 heavy (non-hydrogen) atoms. The Balaban J connectivity index is 1.46. The largest absolute Gasteiger partial charge is 0.448 e. The highest BCUT2D eigenvalue weighted by Gasteiger charge is 2.56. The summed E-state index contributed by atoms with van der Waals surface area (Å²) in [5.74, 6) is -1.68. The number of hydrogen-bond donors (Lipinski definition) is 3. The number of hydrogen-bond acceptors (Lipinski definition) is 7. The van der Waals surface area contributed by atoms with Gasteiger partial charge in [-0.2, -0.15) is 0 Å². The first-order chi connectivity index (χ1) is 19.3. The molecular formula is C31H29N3O5S. The summed E-state index contributed by atoms with van der Waals surface area (Å²) in [6.45, 7) is 5.74. The van der Waals surface area contributed by atoms with E-state index in [9.17, 15) is 19.5 Å². The van der Waals surface area contributed by atoms with Crippen molar-refractivity contribution in [2.75, 3.05) is 11.9 Å². The maximum Gasteiger partial charge on any atom is 0.356 e. The maximum absolute atomic E-state index is 13.9. The van der Waals surface area contributed by atoms with Gasteiger partial charge in [0.15, 0.2) is 12.2 Å². The number of nitrogens with one attached hydrogen (secondary N) is 2. The van der Waals surface area contributed by atoms with Crippen molar-refractivity contribution in [1.29, 1.82) is 0 Å². The fourth-order valence-corrected chi connectivity index (χ4v) is 6.23. The van der Waals surface area contributed by atoms with Gasteiger partial charge in [-0.1, -0.05) is 85.4 Å². The molecule has 204 valence electrons. The van der Waals surface area contributed by atoms with Gasteiger partial charge in [0.05, 0.1) is 6.54 Å². The normalized spacial score (nSPS) is 19.9. The number of esters is 1. The second-order valence-electron chi connectivity index (χ2n) is 9.50.